The van der Waals surface area contributed by atoms with Crippen molar-refractivity contribution in [1.29, 1.82) is 0 Å². The van der Waals surface area contributed by atoms with E-state index in [0.717, 1.165) is 25.0 Å². The molecule has 0 radical (unpaired) electrons. The van der Waals surface area contributed by atoms with Crippen LogP contribution in [0.1, 0.15) is 19.8 Å². The summed E-state index contributed by atoms with van der Waals surface area (Å²) in [5.74, 6) is -1.68. The van der Waals surface area contributed by atoms with Gasteiger partial charge in [0, 0.05) is 19.2 Å². The largest absolute Gasteiger partial charge is 0.330 e. The van der Waals surface area contributed by atoms with E-state index in [-0.39, 0.29) is 17.0 Å². The summed E-state index contributed by atoms with van der Waals surface area (Å²) >= 11 is 0. The monoisotopic (exact) mass is 334 g/mol. The number of fused-ring (bicyclic) bond motifs is 1. The average Bonchev–Trinajstić information content (AvgIpc) is 2.88. The van der Waals surface area contributed by atoms with E-state index in [4.69, 9.17) is 0 Å². The van der Waals surface area contributed by atoms with Crippen LogP contribution in [0.2, 0.25) is 0 Å². The molecule has 0 spiro atoms. The maximum Gasteiger partial charge on any atom is 0.330 e. The van der Waals surface area contributed by atoms with Crippen LogP contribution in [0.25, 0.3) is 22.6 Å². The van der Waals surface area contributed by atoms with Gasteiger partial charge in [0.2, 0.25) is 0 Å². The molecule has 126 valence electrons. The summed E-state index contributed by atoms with van der Waals surface area (Å²) in [6, 6.07) is 3.39. The normalized spacial score (nSPS) is 11.3. The second-order valence-electron chi connectivity index (χ2n) is 5.56. The molecule has 0 bridgehead atoms. The molecular weight excluding hydrogens is 318 g/mol. The Labute approximate surface area is 135 Å². The Morgan fingerprint density at radius 3 is 2.62 bits per heavy atom. The number of nitrogens with one attached hydrogen (secondary N) is 1. The van der Waals surface area contributed by atoms with Gasteiger partial charge < -0.3 is 4.57 Å². The van der Waals surface area contributed by atoms with Crippen LogP contribution < -0.4 is 11.2 Å². The van der Waals surface area contributed by atoms with Gasteiger partial charge in [0.05, 0.1) is 0 Å². The number of hydrogen-bond donors (Lipinski definition) is 1. The number of rotatable bonds is 4. The molecule has 0 atom stereocenters. The highest BCUT2D eigenvalue weighted by Gasteiger charge is 2.18. The van der Waals surface area contributed by atoms with Gasteiger partial charge in [-0.3, -0.25) is 14.3 Å². The quantitative estimate of drug-likeness (QED) is 0.795. The molecular formula is C16H16F2N4O2. The van der Waals surface area contributed by atoms with Crippen LogP contribution in [0.3, 0.4) is 0 Å². The lowest BCUT2D eigenvalue weighted by Gasteiger charge is -2.04. The second kappa shape index (κ2) is 6.03. The fourth-order valence-corrected chi connectivity index (χ4v) is 2.66. The van der Waals surface area contributed by atoms with Crippen LogP contribution in [-0.2, 0) is 13.6 Å². The number of H-pyrrole nitrogens is 1. The summed E-state index contributed by atoms with van der Waals surface area (Å²) in [5, 5.41) is 0. The Hall–Kier alpha value is -2.77. The number of halogens is 2. The van der Waals surface area contributed by atoms with Crippen molar-refractivity contribution in [3.8, 4) is 11.4 Å². The van der Waals surface area contributed by atoms with Gasteiger partial charge in [-0.05, 0) is 24.6 Å². The topological polar surface area (TPSA) is 72.7 Å². The number of unbranched alkanes of at least 4 members (excludes halogenated alkanes) is 1. The van der Waals surface area contributed by atoms with Gasteiger partial charge in [-0.25, -0.2) is 18.6 Å². The highest BCUT2D eigenvalue weighted by Crippen LogP contribution is 2.23. The van der Waals surface area contributed by atoms with Crippen molar-refractivity contribution in [2.24, 2.45) is 7.05 Å². The maximum atomic E-state index is 13.5. The van der Waals surface area contributed by atoms with Gasteiger partial charge in [0.15, 0.2) is 22.8 Å². The van der Waals surface area contributed by atoms with Crippen molar-refractivity contribution >= 4 is 11.2 Å². The average molecular weight is 334 g/mol. The van der Waals surface area contributed by atoms with Crippen molar-refractivity contribution in [1.82, 2.24) is 19.1 Å². The molecule has 6 nitrogen and oxygen atoms in total. The van der Waals surface area contributed by atoms with Crippen molar-refractivity contribution in [3.63, 3.8) is 0 Å². The first-order valence-corrected chi connectivity index (χ1v) is 7.59. The smallest absolute Gasteiger partial charge is 0.321 e. The van der Waals surface area contributed by atoms with E-state index in [0.29, 0.717) is 12.1 Å². The van der Waals surface area contributed by atoms with E-state index < -0.39 is 22.9 Å². The number of hydrogen-bond acceptors (Lipinski definition) is 3. The van der Waals surface area contributed by atoms with Crippen LogP contribution >= 0.6 is 0 Å². The zero-order chi connectivity index (χ0) is 17.4. The van der Waals surface area contributed by atoms with Crippen molar-refractivity contribution in [2.45, 2.75) is 26.3 Å². The van der Waals surface area contributed by atoms with Crippen LogP contribution in [0.15, 0.2) is 27.8 Å². The summed E-state index contributed by atoms with van der Waals surface area (Å²) in [5.41, 5.74) is -0.325. The third-order valence-corrected chi connectivity index (χ3v) is 3.93. The van der Waals surface area contributed by atoms with Crippen molar-refractivity contribution < 1.29 is 8.78 Å². The first-order chi connectivity index (χ1) is 11.4. The first kappa shape index (κ1) is 16.1. The standard InChI is InChI=1S/C16H16F2N4O2/c1-3-4-7-22-14-12(15(23)20-16(22)24)21(2)13(19-14)9-5-6-10(17)11(18)8-9/h5-6,8H,3-4,7H2,1-2H3,(H,20,23,24). The van der Waals surface area contributed by atoms with Gasteiger partial charge in [0.25, 0.3) is 5.56 Å². The van der Waals surface area contributed by atoms with Crippen molar-refractivity contribution in [2.75, 3.05) is 0 Å². The zero-order valence-electron chi connectivity index (χ0n) is 13.3. The molecule has 0 fully saturated rings. The van der Waals surface area contributed by atoms with E-state index >= 15 is 0 Å². The van der Waals surface area contributed by atoms with Gasteiger partial charge in [-0.15, -0.1) is 0 Å². The molecule has 0 aliphatic rings. The van der Waals surface area contributed by atoms with E-state index in [1.165, 1.54) is 15.2 Å². The number of imidazole rings is 1. The summed E-state index contributed by atoms with van der Waals surface area (Å²) in [7, 11) is 1.59. The van der Waals surface area contributed by atoms with E-state index in [1.54, 1.807) is 7.05 Å². The third-order valence-electron chi connectivity index (χ3n) is 3.93. The lowest BCUT2D eigenvalue weighted by Crippen LogP contribution is -2.31. The summed E-state index contributed by atoms with van der Waals surface area (Å²) in [6.45, 7) is 2.40. The second-order valence-corrected chi connectivity index (χ2v) is 5.56. The highest BCUT2D eigenvalue weighted by atomic mass is 19.2. The summed E-state index contributed by atoms with van der Waals surface area (Å²) in [6.07, 6.45) is 1.62. The lowest BCUT2D eigenvalue weighted by molar-refractivity contribution is 0.509. The molecule has 1 N–H and O–H groups in total. The minimum absolute atomic E-state index is 0.213. The minimum Gasteiger partial charge on any atom is -0.321 e. The Bertz CT molecular complexity index is 1030. The third kappa shape index (κ3) is 2.53. The first-order valence-electron chi connectivity index (χ1n) is 7.59. The molecule has 3 aromatic rings. The molecule has 0 amide bonds. The Kier molecular flexibility index (Phi) is 4.04. The number of benzene rings is 1. The Morgan fingerprint density at radius 1 is 1.21 bits per heavy atom. The number of nitrogens with zero attached hydrogens (tertiary/aromatic N) is 3. The molecule has 0 unspecified atom stereocenters. The Balaban J connectivity index is 2.30. The summed E-state index contributed by atoms with van der Waals surface area (Å²) in [4.78, 5) is 30.8. The highest BCUT2D eigenvalue weighted by molar-refractivity contribution is 5.76. The molecule has 3 rings (SSSR count). The lowest BCUT2D eigenvalue weighted by atomic mass is 10.2. The molecule has 24 heavy (non-hydrogen) atoms. The van der Waals surface area contributed by atoms with E-state index in [2.05, 4.69) is 9.97 Å². The fraction of sp³-hybridized carbons (Fsp3) is 0.312. The number of aromatic amines is 1. The molecule has 0 aliphatic heterocycles. The SMILES string of the molecule is CCCCn1c(=O)[nH]c(=O)c2c1nc(-c1ccc(F)c(F)c1)n2C. The predicted octanol–water partition coefficient (Wildman–Crippen LogP) is 2.17. The molecule has 0 saturated heterocycles. The molecule has 0 aliphatic carbocycles. The van der Waals surface area contributed by atoms with Crippen molar-refractivity contribution in [3.05, 3.63) is 50.7 Å². The van der Waals surface area contributed by atoms with Gasteiger partial charge in [0.1, 0.15) is 5.82 Å². The zero-order valence-corrected chi connectivity index (χ0v) is 13.3. The van der Waals surface area contributed by atoms with Gasteiger partial charge in [-0.2, -0.15) is 0 Å². The molecule has 2 aromatic heterocycles. The van der Waals surface area contributed by atoms with Crippen LogP contribution in [0.4, 0.5) is 8.78 Å². The van der Waals surface area contributed by atoms with E-state index in [9.17, 15) is 18.4 Å². The van der Waals surface area contributed by atoms with Crippen LogP contribution in [-0.4, -0.2) is 19.1 Å². The van der Waals surface area contributed by atoms with E-state index in [1.807, 2.05) is 6.92 Å². The molecule has 8 heteroatoms. The number of aromatic nitrogens is 4. The predicted molar refractivity (Wildman–Crippen MR) is 85.9 cm³/mol. The molecule has 1 aromatic carbocycles. The molecule has 0 saturated carbocycles. The van der Waals surface area contributed by atoms with Crippen LogP contribution in [0.5, 0.6) is 0 Å². The van der Waals surface area contributed by atoms with Crippen LogP contribution in [0, 0.1) is 11.6 Å². The minimum atomic E-state index is -1.00. The van der Waals surface area contributed by atoms with Gasteiger partial charge >= 0.3 is 5.69 Å². The summed E-state index contributed by atoms with van der Waals surface area (Å²) < 4.78 is 29.5. The van der Waals surface area contributed by atoms with Gasteiger partial charge in [-0.1, -0.05) is 13.3 Å². The Morgan fingerprint density at radius 2 is 1.96 bits per heavy atom. The number of aryl methyl sites for hydroxylation is 2. The fourth-order valence-electron chi connectivity index (χ4n) is 2.66. The molecule has 2 heterocycles. The maximum absolute atomic E-state index is 13.5.